The maximum Gasteiger partial charge on any atom is 0.407 e. The largest absolute Gasteiger partial charge is 0.407 e. The van der Waals surface area contributed by atoms with Crippen molar-refractivity contribution in [3.8, 4) is 11.1 Å². The van der Waals surface area contributed by atoms with Gasteiger partial charge in [-0.15, -0.1) is 0 Å². The monoisotopic (exact) mass is 401 g/mol. The van der Waals surface area contributed by atoms with Crippen LogP contribution in [0.2, 0.25) is 0 Å². The standard InChI is InChI=1S/C21H22F3N5/c1-11(25)29-18-8-17(12-2-3-12)16(7-13(18)4-5-19(29)26)14-6-15(10-28-9-14)20(27)21(22,23)24/h6-10,12,20,25-26H,2-5,27H2,1H3. The molecule has 4 N–H and O–H groups in total. The van der Waals surface area contributed by atoms with Gasteiger partial charge in [-0.25, -0.2) is 0 Å². The van der Waals surface area contributed by atoms with E-state index in [0.29, 0.717) is 30.2 Å². The summed E-state index contributed by atoms with van der Waals surface area (Å²) < 4.78 is 39.2. The van der Waals surface area contributed by atoms with E-state index < -0.39 is 12.2 Å². The minimum atomic E-state index is -4.53. The molecule has 1 saturated carbocycles. The number of amidine groups is 2. The highest BCUT2D eigenvalue weighted by atomic mass is 19.4. The number of alkyl halides is 3. The van der Waals surface area contributed by atoms with Gasteiger partial charge in [0.05, 0.1) is 5.69 Å². The molecule has 29 heavy (non-hydrogen) atoms. The third-order valence-corrected chi connectivity index (χ3v) is 5.53. The topological polar surface area (TPSA) is 89.9 Å². The van der Waals surface area contributed by atoms with Gasteiger partial charge >= 0.3 is 6.18 Å². The molecule has 4 rings (SSSR count). The van der Waals surface area contributed by atoms with Crippen molar-refractivity contribution in [3.63, 3.8) is 0 Å². The predicted octanol–water partition coefficient (Wildman–Crippen LogP) is 4.92. The van der Waals surface area contributed by atoms with Gasteiger partial charge in [0.15, 0.2) is 0 Å². The Bertz CT molecular complexity index is 994. The number of nitrogens with two attached hydrogens (primary N) is 1. The van der Waals surface area contributed by atoms with Crippen LogP contribution in [0.3, 0.4) is 0 Å². The molecule has 1 atom stereocenters. The lowest BCUT2D eigenvalue weighted by Crippen LogP contribution is -2.38. The van der Waals surface area contributed by atoms with Gasteiger partial charge in [0, 0.05) is 24.4 Å². The average molecular weight is 401 g/mol. The number of anilines is 1. The van der Waals surface area contributed by atoms with Crippen LogP contribution in [0.15, 0.2) is 30.6 Å². The van der Waals surface area contributed by atoms with Gasteiger partial charge in [0.1, 0.15) is 17.7 Å². The number of hydrogen-bond acceptors (Lipinski definition) is 4. The molecule has 152 valence electrons. The number of nitrogens with one attached hydrogen (secondary N) is 2. The molecule has 0 spiro atoms. The first kappa shape index (κ1) is 19.6. The summed E-state index contributed by atoms with van der Waals surface area (Å²) in [6, 6.07) is 3.40. The summed E-state index contributed by atoms with van der Waals surface area (Å²) >= 11 is 0. The van der Waals surface area contributed by atoms with Crippen LogP contribution < -0.4 is 10.6 Å². The Kier molecular flexibility index (Phi) is 4.69. The lowest BCUT2D eigenvalue weighted by molar-refractivity contribution is -0.149. The molecular formula is C21H22F3N5. The molecular weight excluding hydrogens is 379 g/mol. The van der Waals surface area contributed by atoms with Crippen LogP contribution in [-0.2, 0) is 6.42 Å². The number of pyridine rings is 1. The minimum Gasteiger partial charge on any atom is -0.316 e. The fourth-order valence-electron chi connectivity index (χ4n) is 3.90. The highest BCUT2D eigenvalue weighted by Crippen LogP contribution is 2.47. The zero-order valence-electron chi connectivity index (χ0n) is 16.0. The van der Waals surface area contributed by atoms with E-state index in [1.807, 2.05) is 12.1 Å². The van der Waals surface area contributed by atoms with Crippen molar-refractivity contribution in [1.29, 1.82) is 10.8 Å². The second kappa shape index (κ2) is 6.95. The van der Waals surface area contributed by atoms with Crippen molar-refractivity contribution in [2.75, 3.05) is 4.90 Å². The van der Waals surface area contributed by atoms with Gasteiger partial charge in [-0.1, -0.05) is 0 Å². The summed E-state index contributed by atoms with van der Waals surface area (Å²) in [5.74, 6) is 1.00. The van der Waals surface area contributed by atoms with Crippen LogP contribution in [0.5, 0.6) is 0 Å². The van der Waals surface area contributed by atoms with Crippen LogP contribution in [0.1, 0.15) is 54.8 Å². The molecule has 2 aliphatic rings. The fourth-order valence-corrected chi connectivity index (χ4v) is 3.90. The Morgan fingerprint density at radius 3 is 2.55 bits per heavy atom. The third-order valence-electron chi connectivity index (χ3n) is 5.53. The smallest absolute Gasteiger partial charge is 0.316 e. The summed E-state index contributed by atoms with van der Waals surface area (Å²) in [5.41, 5.74) is 9.65. The van der Waals surface area contributed by atoms with Crippen molar-refractivity contribution in [2.24, 2.45) is 5.73 Å². The van der Waals surface area contributed by atoms with E-state index in [1.54, 1.807) is 18.0 Å². The van der Waals surface area contributed by atoms with Crippen molar-refractivity contribution >= 4 is 17.4 Å². The van der Waals surface area contributed by atoms with Gasteiger partial charge in [0.25, 0.3) is 0 Å². The van der Waals surface area contributed by atoms with E-state index in [1.165, 1.54) is 12.3 Å². The molecule has 0 radical (unpaired) electrons. The number of nitrogens with zero attached hydrogens (tertiary/aromatic N) is 2. The summed E-state index contributed by atoms with van der Waals surface area (Å²) in [6.45, 7) is 1.65. The molecule has 2 aromatic rings. The van der Waals surface area contributed by atoms with Crippen LogP contribution in [0, 0.1) is 10.8 Å². The van der Waals surface area contributed by atoms with Gasteiger partial charge in [0.2, 0.25) is 0 Å². The second-order valence-corrected chi connectivity index (χ2v) is 7.74. The van der Waals surface area contributed by atoms with Gasteiger partial charge in [-0.2, -0.15) is 13.2 Å². The minimum absolute atomic E-state index is 0.0618. The van der Waals surface area contributed by atoms with Crippen molar-refractivity contribution in [3.05, 3.63) is 47.3 Å². The number of benzene rings is 1. The first-order valence-corrected chi connectivity index (χ1v) is 9.54. The zero-order valence-corrected chi connectivity index (χ0v) is 16.0. The van der Waals surface area contributed by atoms with Crippen molar-refractivity contribution in [2.45, 2.75) is 50.7 Å². The third kappa shape index (κ3) is 3.64. The summed E-state index contributed by atoms with van der Waals surface area (Å²) in [5, 5.41) is 16.3. The number of halogens is 3. The number of rotatable bonds is 3. The zero-order chi connectivity index (χ0) is 20.9. The van der Waals surface area contributed by atoms with Gasteiger partial charge in [-0.05, 0) is 72.6 Å². The molecule has 1 aliphatic heterocycles. The van der Waals surface area contributed by atoms with E-state index in [9.17, 15) is 13.2 Å². The van der Waals surface area contributed by atoms with Crippen LogP contribution in [-0.4, -0.2) is 22.8 Å². The van der Waals surface area contributed by atoms with Crippen molar-refractivity contribution < 1.29 is 13.2 Å². The molecule has 1 fully saturated rings. The van der Waals surface area contributed by atoms with E-state index >= 15 is 0 Å². The molecule has 5 nitrogen and oxygen atoms in total. The molecule has 1 aliphatic carbocycles. The van der Waals surface area contributed by atoms with Crippen LogP contribution in [0.25, 0.3) is 11.1 Å². The Hall–Kier alpha value is -2.74. The maximum atomic E-state index is 13.1. The van der Waals surface area contributed by atoms with Crippen LogP contribution in [0.4, 0.5) is 18.9 Å². The van der Waals surface area contributed by atoms with E-state index in [2.05, 4.69) is 4.98 Å². The SMILES string of the molecule is CC(=N)N1C(=N)CCc2cc(-c3cncc(C(N)C(F)(F)F)c3)c(C3CC3)cc21. The summed E-state index contributed by atoms with van der Waals surface area (Å²) in [6.07, 6.45) is 1.42. The molecule has 1 aromatic heterocycles. The molecule has 1 aromatic carbocycles. The molecule has 2 heterocycles. The number of aryl methyl sites for hydroxylation is 1. The normalized spacial score (nSPS) is 17.8. The summed E-state index contributed by atoms with van der Waals surface area (Å²) in [7, 11) is 0. The van der Waals surface area contributed by atoms with E-state index in [0.717, 1.165) is 35.2 Å². The highest BCUT2D eigenvalue weighted by molar-refractivity contribution is 6.17. The quantitative estimate of drug-likeness (QED) is 0.504. The first-order valence-electron chi connectivity index (χ1n) is 9.54. The number of hydrogen-bond donors (Lipinski definition) is 3. The molecule has 8 heteroatoms. The average Bonchev–Trinajstić information content (AvgIpc) is 3.50. The Balaban J connectivity index is 1.83. The number of fused-ring (bicyclic) bond motifs is 1. The molecule has 0 amide bonds. The summed E-state index contributed by atoms with van der Waals surface area (Å²) in [4.78, 5) is 5.67. The fraction of sp³-hybridized carbons (Fsp3) is 0.381. The maximum absolute atomic E-state index is 13.1. The molecule has 0 bridgehead atoms. The number of aromatic nitrogens is 1. The molecule has 0 saturated heterocycles. The molecule has 1 unspecified atom stereocenters. The Labute approximate surface area is 166 Å². The Morgan fingerprint density at radius 1 is 1.21 bits per heavy atom. The Morgan fingerprint density at radius 2 is 1.93 bits per heavy atom. The van der Waals surface area contributed by atoms with Crippen LogP contribution >= 0.6 is 0 Å². The van der Waals surface area contributed by atoms with Gasteiger partial charge in [-0.3, -0.25) is 20.7 Å². The van der Waals surface area contributed by atoms with E-state index in [4.69, 9.17) is 16.6 Å². The van der Waals surface area contributed by atoms with Gasteiger partial charge < -0.3 is 5.73 Å². The van der Waals surface area contributed by atoms with E-state index in [-0.39, 0.29) is 11.4 Å². The second-order valence-electron chi connectivity index (χ2n) is 7.74. The lowest BCUT2D eigenvalue weighted by atomic mass is 9.89. The predicted molar refractivity (Wildman–Crippen MR) is 107 cm³/mol. The highest BCUT2D eigenvalue weighted by Gasteiger charge is 2.38. The first-order chi connectivity index (χ1) is 13.7. The lowest BCUT2D eigenvalue weighted by Gasteiger charge is -2.32. The van der Waals surface area contributed by atoms with Crippen molar-refractivity contribution in [1.82, 2.24) is 4.98 Å².